The molecule has 2 unspecified atom stereocenters. The number of hydrogen-bond donors (Lipinski definition) is 0. The summed E-state index contributed by atoms with van der Waals surface area (Å²) in [6.45, 7) is 0. The summed E-state index contributed by atoms with van der Waals surface area (Å²) in [7, 11) is 0. The molecule has 2 aromatic heterocycles. The Labute approximate surface area is 202 Å². The standard InChI is InChI=1S/2C12H9N2.2ClH.Ti/c2*1-2-5-11-9-12(8-10(11)4-1)14-7-3-6-13-14;;;/h2*1-9H;2*1H;/q;;;;+2/p-2. The van der Waals surface area contributed by atoms with E-state index in [0.717, 1.165) is 0 Å². The Bertz CT molecular complexity index is 1150. The second kappa shape index (κ2) is 9.01. The number of nitrogens with zero attached hydrogens (tertiary/aromatic N) is 4. The summed E-state index contributed by atoms with van der Waals surface area (Å²) in [5, 5.41) is 9.11. The molecule has 31 heavy (non-hydrogen) atoms. The molecule has 0 fully saturated rings. The number of fused-ring (bicyclic) bond motifs is 2. The van der Waals surface area contributed by atoms with Crippen molar-refractivity contribution in [2.45, 2.75) is 8.45 Å². The zero-order chi connectivity index (χ0) is 19.2. The quantitative estimate of drug-likeness (QED) is 0.350. The van der Waals surface area contributed by atoms with Gasteiger partial charge < -0.3 is 24.8 Å². The molecule has 4 aromatic rings. The normalized spacial score (nSPS) is 18.1. The molecule has 0 radical (unpaired) electrons. The molecular formula is C24H18Cl2N4Ti. The molecule has 4 nitrogen and oxygen atoms in total. The molecule has 152 valence electrons. The third-order valence-electron chi connectivity index (χ3n) is 5.68. The van der Waals surface area contributed by atoms with Gasteiger partial charge in [0.1, 0.15) is 0 Å². The van der Waals surface area contributed by atoms with Crippen LogP contribution in [0, 0.1) is 0 Å². The first kappa shape index (κ1) is 21.9. The summed E-state index contributed by atoms with van der Waals surface area (Å²) in [6, 6.07) is 21.6. The predicted octanol–water partition coefficient (Wildman–Crippen LogP) is -1.02. The van der Waals surface area contributed by atoms with Gasteiger partial charge in [-0.05, 0) is 0 Å². The van der Waals surface area contributed by atoms with Crippen LogP contribution in [0.25, 0.3) is 23.5 Å². The van der Waals surface area contributed by atoms with E-state index < -0.39 is 19.2 Å². The fraction of sp³-hybridized carbons (Fsp3) is 0.0833. The number of rotatable bonds is 4. The molecule has 2 heterocycles. The molecular weight excluding hydrogens is 463 g/mol. The van der Waals surface area contributed by atoms with Gasteiger partial charge in [-0.15, -0.1) is 0 Å². The van der Waals surface area contributed by atoms with Crippen LogP contribution >= 0.6 is 0 Å². The van der Waals surface area contributed by atoms with Crippen molar-refractivity contribution in [1.82, 2.24) is 19.6 Å². The summed E-state index contributed by atoms with van der Waals surface area (Å²) in [5.41, 5.74) is 8.09. The molecule has 2 aliphatic carbocycles. The van der Waals surface area contributed by atoms with Crippen molar-refractivity contribution in [3.8, 4) is 0 Å². The van der Waals surface area contributed by atoms with Crippen molar-refractivity contribution in [3.05, 3.63) is 108 Å². The maximum atomic E-state index is 4.56. The van der Waals surface area contributed by atoms with Gasteiger partial charge in [0.2, 0.25) is 0 Å². The van der Waals surface area contributed by atoms with E-state index in [0.29, 0.717) is 8.45 Å². The van der Waals surface area contributed by atoms with Crippen LogP contribution in [0.3, 0.4) is 0 Å². The molecule has 2 atom stereocenters. The predicted molar refractivity (Wildman–Crippen MR) is 111 cm³/mol. The van der Waals surface area contributed by atoms with Crippen molar-refractivity contribution >= 4 is 23.5 Å². The minimum atomic E-state index is -0.488. The van der Waals surface area contributed by atoms with Gasteiger partial charge in [0.25, 0.3) is 0 Å². The summed E-state index contributed by atoms with van der Waals surface area (Å²) >= 11 is -0.488. The van der Waals surface area contributed by atoms with Crippen LogP contribution in [-0.4, -0.2) is 19.6 Å². The van der Waals surface area contributed by atoms with Gasteiger partial charge in [0, 0.05) is 0 Å². The van der Waals surface area contributed by atoms with E-state index in [1.54, 1.807) is 0 Å². The zero-order valence-corrected chi connectivity index (χ0v) is 19.5. The Kier molecular flexibility index (Phi) is 6.35. The molecule has 0 spiro atoms. The number of halogens is 2. The van der Waals surface area contributed by atoms with E-state index in [9.17, 15) is 0 Å². The van der Waals surface area contributed by atoms with E-state index in [2.05, 4.69) is 83.3 Å². The van der Waals surface area contributed by atoms with E-state index in [-0.39, 0.29) is 24.8 Å². The minimum absolute atomic E-state index is 0. The summed E-state index contributed by atoms with van der Waals surface area (Å²) in [6.07, 6.45) is 12.5. The maximum Gasteiger partial charge on any atom is -1.00 e. The van der Waals surface area contributed by atoms with Crippen LogP contribution in [0.15, 0.2) is 85.5 Å². The maximum absolute atomic E-state index is 4.56. The van der Waals surface area contributed by atoms with Crippen LogP contribution in [0.4, 0.5) is 0 Å². The third-order valence-corrected chi connectivity index (χ3v) is 8.62. The summed E-state index contributed by atoms with van der Waals surface area (Å²) in [4.78, 5) is 0. The SMILES string of the molecule is C1=C(n2cccn2)[CH]([Ti+2][CH]2C(n3cccn3)=Cc3ccccc32)c2ccccc21.[Cl-].[Cl-]. The van der Waals surface area contributed by atoms with Gasteiger partial charge in [-0.2, -0.15) is 0 Å². The first-order valence-electron chi connectivity index (χ1n) is 9.75. The Morgan fingerprint density at radius 3 is 1.48 bits per heavy atom. The average Bonchev–Trinajstić information content (AvgIpc) is 3.55. The second-order valence-electron chi connectivity index (χ2n) is 7.33. The number of hydrogen-bond acceptors (Lipinski definition) is 2. The Morgan fingerprint density at radius 1 is 0.613 bits per heavy atom. The molecule has 0 N–H and O–H groups in total. The van der Waals surface area contributed by atoms with Crippen LogP contribution < -0.4 is 24.8 Å². The minimum Gasteiger partial charge on any atom is -1.00 e. The Morgan fingerprint density at radius 2 is 1.06 bits per heavy atom. The van der Waals surface area contributed by atoms with Crippen molar-refractivity contribution in [2.24, 2.45) is 0 Å². The van der Waals surface area contributed by atoms with Crippen molar-refractivity contribution in [1.29, 1.82) is 0 Å². The van der Waals surface area contributed by atoms with Crippen LogP contribution in [0.1, 0.15) is 30.7 Å². The van der Waals surface area contributed by atoms with Crippen molar-refractivity contribution in [2.75, 3.05) is 0 Å². The van der Waals surface area contributed by atoms with E-state index in [4.69, 9.17) is 0 Å². The third kappa shape index (κ3) is 3.74. The fourth-order valence-electron chi connectivity index (χ4n) is 4.37. The van der Waals surface area contributed by atoms with E-state index in [1.165, 1.54) is 33.6 Å². The monoisotopic (exact) mass is 480 g/mol. The van der Waals surface area contributed by atoms with Crippen LogP contribution in [0.2, 0.25) is 0 Å². The van der Waals surface area contributed by atoms with Gasteiger partial charge in [-0.3, -0.25) is 0 Å². The van der Waals surface area contributed by atoms with E-state index >= 15 is 0 Å². The molecule has 2 aromatic carbocycles. The van der Waals surface area contributed by atoms with Crippen molar-refractivity contribution < 1.29 is 44.0 Å². The van der Waals surface area contributed by atoms with E-state index in [1.807, 2.05) is 33.9 Å². The van der Waals surface area contributed by atoms with Gasteiger partial charge in [0.05, 0.1) is 0 Å². The Hall–Kier alpha value is -2.37. The zero-order valence-electron chi connectivity index (χ0n) is 16.4. The molecule has 0 saturated carbocycles. The number of allylic oxidation sites excluding steroid dienone is 2. The van der Waals surface area contributed by atoms with Gasteiger partial charge in [-0.1, -0.05) is 0 Å². The van der Waals surface area contributed by atoms with Crippen LogP contribution in [-0.2, 0) is 19.2 Å². The smallest absolute Gasteiger partial charge is 1.00 e. The molecule has 0 aliphatic heterocycles. The van der Waals surface area contributed by atoms with Crippen molar-refractivity contribution in [3.63, 3.8) is 0 Å². The van der Waals surface area contributed by atoms with Gasteiger partial charge in [-0.25, -0.2) is 0 Å². The molecule has 6 rings (SSSR count). The second-order valence-corrected chi connectivity index (χ2v) is 9.65. The summed E-state index contributed by atoms with van der Waals surface area (Å²) in [5.74, 6) is 0. The molecule has 2 aliphatic rings. The topological polar surface area (TPSA) is 35.6 Å². The summed E-state index contributed by atoms with van der Waals surface area (Å²) < 4.78 is 4.90. The number of aromatic nitrogens is 4. The van der Waals surface area contributed by atoms with Gasteiger partial charge >= 0.3 is 178 Å². The Balaban J connectivity index is 0.00000116. The fourth-order valence-corrected chi connectivity index (χ4v) is 7.48. The average molecular weight is 481 g/mol. The first-order valence-corrected chi connectivity index (χ1v) is 11.6. The largest absolute Gasteiger partial charge is 1.00 e. The van der Waals surface area contributed by atoms with Crippen LogP contribution in [0.5, 0.6) is 0 Å². The molecule has 7 heteroatoms. The van der Waals surface area contributed by atoms with Gasteiger partial charge in [0.15, 0.2) is 0 Å². The first-order chi connectivity index (χ1) is 14.4. The molecule has 0 saturated heterocycles. The molecule has 0 amide bonds. The number of benzene rings is 2. The molecule has 0 bridgehead atoms.